The smallest absolute Gasteiger partial charge is 0.139 e. The van der Waals surface area contributed by atoms with E-state index >= 15 is 0 Å². The van der Waals surface area contributed by atoms with Crippen LogP contribution in [0.5, 0.6) is 0 Å². The van der Waals surface area contributed by atoms with Gasteiger partial charge in [0.05, 0.1) is 6.10 Å². The third-order valence-electron chi connectivity index (χ3n) is 16.0. The van der Waals surface area contributed by atoms with Crippen molar-refractivity contribution >= 4 is 11.6 Å². The van der Waals surface area contributed by atoms with Gasteiger partial charge in [-0.05, 0) is 141 Å². The Balaban J connectivity index is 0.000000137. The molecule has 8 rings (SSSR count). The second-order valence-electron chi connectivity index (χ2n) is 17.6. The number of aliphatic hydroxyl groups excluding tert-OH is 1. The Morgan fingerprint density at radius 3 is 2.12 bits per heavy atom. The average Bonchev–Trinajstić information content (AvgIpc) is 3.44. The molecule has 3 heteroatoms. The highest BCUT2D eigenvalue weighted by Gasteiger charge is 2.58. The molecule has 0 heterocycles. The van der Waals surface area contributed by atoms with Gasteiger partial charge in [0.1, 0.15) is 11.6 Å². The zero-order chi connectivity index (χ0) is 29.7. The Labute approximate surface area is 255 Å². The molecule has 0 aromatic carbocycles. The van der Waals surface area contributed by atoms with Crippen LogP contribution in [0.3, 0.4) is 0 Å². The first-order chi connectivity index (χ1) is 19.9. The summed E-state index contributed by atoms with van der Waals surface area (Å²) in [5.41, 5.74) is 4.60. The Morgan fingerprint density at radius 2 is 1.36 bits per heavy atom. The maximum absolute atomic E-state index is 12.3. The van der Waals surface area contributed by atoms with Gasteiger partial charge in [0, 0.05) is 24.7 Å². The van der Waals surface area contributed by atoms with Crippen molar-refractivity contribution < 1.29 is 14.7 Å². The number of hydrogen-bond donors (Lipinski definition) is 1. The van der Waals surface area contributed by atoms with Crippen LogP contribution in [-0.2, 0) is 9.59 Å². The van der Waals surface area contributed by atoms with E-state index in [1.807, 2.05) is 5.57 Å². The van der Waals surface area contributed by atoms with E-state index in [1.165, 1.54) is 51.4 Å². The Kier molecular flexibility index (Phi) is 7.13. The maximum atomic E-state index is 12.3. The monoisotopic (exact) mass is 574 g/mol. The number of carbonyl (C=O) groups excluding carboxylic acids is 2. The summed E-state index contributed by atoms with van der Waals surface area (Å²) in [4.78, 5) is 24.2. The summed E-state index contributed by atoms with van der Waals surface area (Å²) in [6.45, 7) is 12.2. The van der Waals surface area contributed by atoms with E-state index in [0.29, 0.717) is 40.2 Å². The summed E-state index contributed by atoms with van der Waals surface area (Å²) >= 11 is 0. The van der Waals surface area contributed by atoms with Crippen LogP contribution in [0.1, 0.15) is 137 Å². The first kappa shape index (κ1) is 29.5. The van der Waals surface area contributed by atoms with Crippen molar-refractivity contribution in [2.24, 2.45) is 63.1 Å². The predicted octanol–water partition coefficient (Wildman–Crippen LogP) is 9.03. The van der Waals surface area contributed by atoms with Gasteiger partial charge >= 0.3 is 0 Å². The number of hydrogen-bond acceptors (Lipinski definition) is 3. The van der Waals surface area contributed by atoms with Crippen LogP contribution in [0.4, 0.5) is 0 Å². The molecule has 0 aromatic heterocycles. The summed E-state index contributed by atoms with van der Waals surface area (Å²) in [5, 5.41) is 10.1. The van der Waals surface area contributed by atoms with Crippen LogP contribution in [0.2, 0.25) is 0 Å². The van der Waals surface area contributed by atoms with Crippen molar-refractivity contribution in [2.45, 2.75) is 143 Å². The number of Topliss-reactive ketones (excluding diaryl/α,β-unsaturated/α-hetero) is 2. The van der Waals surface area contributed by atoms with Crippen molar-refractivity contribution in [3.8, 4) is 0 Å². The summed E-state index contributed by atoms with van der Waals surface area (Å²) in [6.07, 6.45) is 23.1. The first-order valence-corrected chi connectivity index (χ1v) is 18.0. The fourth-order valence-corrected chi connectivity index (χ4v) is 12.9. The molecule has 0 radical (unpaired) electrons. The fourth-order valence-electron chi connectivity index (χ4n) is 12.9. The topological polar surface area (TPSA) is 54.4 Å². The van der Waals surface area contributed by atoms with Crippen molar-refractivity contribution in [3.63, 3.8) is 0 Å². The van der Waals surface area contributed by atoms with Gasteiger partial charge in [-0.3, -0.25) is 9.59 Å². The lowest BCUT2D eigenvalue weighted by Gasteiger charge is -2.56. The molecule has 1 N–H and O–H groups in total. The van der Waals surface area contributed by atoms with Crippen molar-refractivity contribution in [2.75, 3.05) is 0 Å². The van der Waals surface area contributed by atoms with Crippen LogP contribution in [0.15, 0.2) is 23.3 Å². The van der Waals surface area contributed by atoms with Crippen LogP contribution < -0.4 is 0 Å². The molecule has 0 bridgehead atoms. The number of allylic oxidation sites excluding steroid dienone is 4. The zero-order valence-electron chi connectivity index (χ0n) is 27.4. The van der Waals surface area contributed by atoms with Gasteiger partial charge in [-0.1, -0.05) is 57.9 Å². The highest BCUT2D eigenvalue weighted by molar-refractivity contribution is 5.87. The van der Waals surface area contributed by atoms with E-state index in [9.17, 15) is 14.7 Å². The SMILES string of the molecule is C[C@H]1CC[C@H]2[C@@H]3CC[C@@H]4C[C@H](O)CC[C@]4(C)C3=CC[C@]12C.C[C@]12CCC(=O)C[C@H]1CC[C@@H]1C2=CC[C@]2(C)C(=O)CC[C@@H]12. The molecule has 3 nitrogen and oxygen atoms in total. The van der Waals surface area contributed by atoms with Crippen LogP contribution in [0, 0.1) is 63.1 Å². The van der Waals surface area contributed by atoms with E-state index in [0.717, 1.165) is 75.0 Å². The lowest BCUT2D eigenvalue weighted by atomic mass is 9.49. The van der Waals surface area contributed by atoms with Gasteiger partial charge in [0.2, 0.25) is 0 Å². The second kappa shape index (κ2) is 10.1. The molecular weight excluding hydrogens is 516 g/mol. The summed E-state index contributed by atoms with van der Waals surface area (Å²) in [5.74, 6) is 6.16. The molecule has 42 heavy (non-hydrogen) atoms. The van der Waals surface area contributed by atoms with Gasteiger partial charge in [-0.15, -0.1) is 0 Å². The summed E-state index contributed by atoms with van der Waals surface area (Å²) < 4.78 is 0. The van der Waals surface area contributed by atoms with E-state index < -0.39 is 0 Å². The van der Waals surface area contributed by atoms with Crippen molar-refractivity contribution in [1.82, 2.24) is 0 Å². The van der Waals surface area contributed by atoms with Crippen LogP contribution in [-0.4, -0.2) is 22.8 Å². The minimum Gasteiger partial charge on any atom is -0.393 e. The van der Waals surface area contributed by atoms with E-state index in [4.69, 9.17) is 0 Å². The van der Waals surface area contributed by atoms with E-state index in [-0.39, 0.29) is 16.9 Å². The molecule has 0 amide bonds. The van der Waals surface area contributed by atoms with Gasteiger partial charge in [0.25, 0.3) is 0 Å². The molecule has 0 aromatic rings. The number of ketones is 2. The standard InChI is InChI=1S/C20H32O.C19H26O2/c1-13-4-7-17-16-6-5-14-12-15(21)8-10-20(14,3)18(16)9-11-19(13,17)2;1-18-9-7-13(20)11-12(18)3-4-14-15-5-6-17(21)19(15,2)10-8-16(14)18/h9,13-17,21H,4-8,10-12H2,1-3H3;8,12,14-15H,3-7,9-11H2,1-2H3/t13-,14+,15+,16-,17-,19+,20-;12-,14+,15+,18+,19+/m01/s1. The molecule has 0 unspecified atom stereocenters. The first-order valence-electron chi connectivity index (χ1n) is 18.0. The number of aliphatic hydroxyl groups is 1. The zero-order valence-corrected chi connectivity index (χ0v) is 27.4. The summed E-state index contributed by atoms with van der Waals surface area (Å²) in [7, 11) is 0. The number of carbonyl (C=O) groups is 2. The molecule has 12 atom stereocenters. The van der Waals surface area contributed by atoms with Gasteiger partial charge in [-0.2, -0.15) is 0 Å². The number of rotatable bonds is 0. The van der Waals surface area contributed by atoms with Crippen molar-refractivity contribution in [3.05, 3.63) is 23.3 Å². The van der Waals surface area contributed by atoms with Gasteiger partial charge < -0.3 is 5.11 Å². The van der Waals surface area contributed by atoms with Crippen LogP contribution >= 0.6 is 0 Å². The van der Waals surface area contributed by atoms with E-state index in [2.05, 4.69) is 46.8 Å². The normalized spacial score (nSPS) is 52.7. The molecule has 0 aliphatic heterocycles. The van der Waals surface area contributed by atoms with Gasteiger partial charge in [0.15, 0.2) is 0 Å². The quantitative estimate of drug-likeness (QED) is 0.294. The predicted molar refractivity (Wildman–Crippen MR) is 169 cm³/mol. The number of fused-ring (bicyclic) bond motifs is 10. The molecule has 6 saturated carbocycles. The molecule has 6 fully saturated rings. The highest BCUT2D eigenvalue weighted by Crippen LogP contribution is 2.66. The minimum atomic E-state index is -0.0815. The lowest BCUT2D eigenvalue weighted by molar-refractivity contribution is -0.128. The second-order valence-corrected chi connectivity index (χ2v) is 17.6. The van der Waals surface area contributed by atoms with Crippen molar-refractivity contribution in [1.29, 1.82) is 0 Å². The Bertz CT molecular complexity index is 1200. The van der Waals surface area contributed by atoms with Gasteiger partial charge in [-0.25, -0.2) is 0 Å². The van der Waals surface area contributed by atoms with E-state index in [1.54, 1.807) is 5.57 Å². The fraction of sp³-hybridized carbons (Fsp3) is 0.846. The largest absolute Gasteiger partial charge is 0.393 e. The molecule has 0 saturated heterocycles. The van der Waals surface area contributed by atoms with Crippen LogP contribution in [0.25, 0.3) is 0 Å². The maximum Gasteiger partial charge on any atom is 0.139 e. The summed E-state index contributed by atoms with van der Waals surface area (Å²) in [6, 6.07) is 0. The average molecular weight is 575 g/mol. The highest BCUT2D eigenvalue weighted by atomic mass is 16.3. The Morgan fingerprint density at radius 1 is 0.690 bits per heavy atom. The Hall–Kier alpha value is -1.22. The third-order valence-corrected chi connectivity index (χ3v) is 16.0. The minimum absolute atomic E-state index is 0.0272. The third kappa shape index (κ3) is 4.20. The molecule has 0 spiro atoms. The molecule has 232 valence electrons. The lowest BCUT2D eigenvalue weighted by Crippen LogP contribution is -2.48. The molecule has 8 aliphatic carbocycles. The molecular formula is C39H58O3. The molecule has 8 aliphatic rings.